The molecule has 0 aromatic rings. The highest BCUT2D eigenvalue weighted by molar-refractivity contribution is 6.83. The van der Waals surface area contributed by atoms with E-state index in [2.05, 4.69) is 26.2 Å². The van der Waals surface area contributed by atoms with Crippen molar-refractivity contribution < 1.29 is 23.2 Å². The molecule has 0 saturated carbocycles. The molecule has 8 heteroatoms. The fraction of sp³-hybridized carbons (Fsp3) is 1.00. The minimum absolute atomic E-state index is 0.194. The van der Waals surface area contributed by atoms with Crippen LogP contribution in [-0.2, 0) is 13.0 Å². The Labute approximate surface area is 121 Å². The topological polar surface area (TPSA) is 68.2 Å². The van der Waals surface area contributed by atoms with Crippen molar-refractivity contribution in [2.75, 3.05) is 19.8 Å². The van der Waals surface area contributed by atoms with Gasteiger partial charge >= 0.3 is 8.56 Å². The quantitative estimate of drug-likeness (QED) is 0.443. The summed E-state index contributed by atoms with van der Waals surface area (Å²) in [6.45, 7) is 11.1. The number of ether oxygens (including phenoxy) is 1. The minimum Gasteiger partial charge on any atom is -0.437 e. The summed E-state index contributed by atoms with van der Waals surface area (Å²) in [5.41, 5.74) is 0. The van der Waals surface area contributed by atoms with Crippen LogP contribution in [0.2, 0.25) is 38.8 Å². The van der Waals surface area contributed by atoms with Gasteiger partial charge in [0.2, 0.25) is 9.76 Å². The fourth-order valence-corrected chi connectivity index (χ4v) is 11.1. The standard InChI is InChI=1S/C11H28O5Si3/c1-17-15-19(4,5)16-18(2,3)8-6-7-14-10-11(13)9-12/h11-13H,6-10H2,1-5H3. The van der Waals surface area contributed by atoms with Gasteiger partial charge in [0, 0.05) is 6.61 Å². The zero-order valence-corrected chi connectivity index (χ0v) is 15.7. The van der Waals surface area contributed by atoms with Crippen LogP contribution in [0.25, 0.3) is 0 Å². The van der Waals surface area contributed by atoms with Crippen molar-refractivity contribution in [3.8, 4) is 0 Å². The third kappa shape index (κ3) is 10.9. The van der Waals surface area contributed by atoms with Crippen LogP contribution in [0.15, 0.2) is 0 Å². The third-order valence-electron chi connectivity index (χ3n) is 2.46. The highest BCUT2D eigenvalue weighted by atomic mass is 28.5. The van der Waals surface area contributed by atoms with Gasteiger partial charge in [0.05, 0.1) is 13.2 Å². The molecule has 0 aliphatic heterocycles. The molecule has 0 bridgehead atoms. The Hall–Kier alpha value is 0.451. The molecule has 1 atom stereocenters. The van der Waals surface area contributed by atoms with Gasteiger partial charge in [0.1, 0.15) is 6.10 Å². The predicted molar refractivity (Wildman–Crippen MR) is 82.1 cm³/mol. The van der Waals surface area contributed by atoms with E-state index < -0.39 is 23.0 Å². The lowest BCUT2D eigenvalue weighted by Gasteiger charge is -2.33. The summed E-state index contributed by atoms with van der Waals surface area (Å²) in [6, 6.07) is 1.01. The largest absolute Gasteiger partial charge is 0.437 e. The number of hydrogen-bond donors (Lipinski definition) is 2. The van der Waals surface area contributed by atoms with Crippen molar-refractivity contribution in [1.82, 2.24) is 0 Å². The normalized spacial score (nSPS) is 14.7. The summed E-state index contributed by atoms with van der Waals surface area (Å²) in [4.78, 5) is 0. The fourth-order valence-electron chi connectivity index (χ4n) is 1.86. The highest BCUT2D eigenvalue weighted by Crippen LogP contribution is 2.20. The van der Waals surface area contributed by atoms with Crippen molar-refractivity contribution in [2.24, 2.45) is 0 Å². The lowest BCUT2D eigenvalue weighted by molar-refractivity contribution is 0.00638. The molecule has 19 heavy (non-hydrogen) atoms. The van der Waals surface area contributed by atoms with Gasteiger partial charge in [-0.15, -0.1) is 0 Å². The molecule has 114 valence electrons. The van der Waals surface area contributed by atoms with Crippen molar-refractivity contribution in [3.05, 3.63) is 0 Å². The number of aliphatic hydroxyl groups is 2. The van der Waals surface area contributed by atoms with Gasteiger partial charge in [0.15, 0.2) is 8.32 Å². The molecule has 0 rings (SSSR count). The summed E-state index contributed by atoms with van der Waals surface area (Å²) in [5, 5.41) is 17.8. The van der Waals surface area contributed by atoms with Gasteiger partial charge in [0.25, 0.3) is 0 Å². The zero-order valence-electron chi connectivity index (χ0n) is 12.7. The average molecular weight is 325 g/mol. The molecule has 0 amide bonds. The van der Waals surface area contributed by atoms with E-state index in [1.54, 1.807) is 0 Å². The van der Waals surface area contributed by atoms with Crippen molar-refractivity contribution in [3.63, 3.8) is 0 Å². The van der Waals surface area contributed by atoms with E-state index in [9.17, 15) is 0 Å². The maximum absolute atomic E-state index is 9.13. The summed E-state index contributed by atoms with van der Waals surface area (Å²) >= 11 is 0. The van der Waals surface area contributed by atoms with E-state index >= 15 is 0 Å². The molecule has 0 aliphatic carbocycles. The molecule has 0 fully saturated rings. The smallest absolute Gasteiger partial charge is 0.310 e. The van der Waals surface area contributed by atoms with E-state index in [1.807, 2.05) is 6.55 Å². The third-order valence-corrected chi connectivity index (χ3v) is 11.0. The number of aliphatic hydroxyl groups excluding tert-OH is 2. The molecule has 5 nitrogen and oxygen atoms in total. The predicted octanol–water partition coefficient (Wildman–Crippen LogP) is 1.35. The monoisotopic (exact) mass is 324 g/mol. The van der Waals surface area contributed by atoms with Crippen LogP contribution in [0.5, 0.6) is 0 Å². The van der Waals surface area contributed by atoms with Gasteiger partial charge in [-0.25, -0.2) is 0 Å². The Kier molecular flexibility index (Phi) is 9.62. The Morgan fingerprint density at radius 1 is 1.21 bits per heavy atom. The maximum Gasteiger partial charge on any atom is 0.310 e. The van der Waals surface area contributed by atoms with Crippen LogP contribution in [0, 0.1) is 0 Å². The van der Waals surface area contributed by atoms with Crippen molar-refractivity contribution in [1.29, 1.82) is 0 Å². The van der Waals surface area contributed by atoms with Gasteiger partial charge in [-0.3, -0.25) is 0 Å². The summed E-state index contributed by atoms with van der Waals surface area (Å²) < 4.78 is 17.3. The van der Waals surface area contributed by atoms with Gasteiger partial charge < -0.3 is 23.2 Å². The second-order valence-electron chi connectivity index (χ2n) is 5.58. The van der Waals surface area contributed by atoms with Crippen LogP contribution in [0.3, 0.4) is 0 Å². The Morgan fingerprint density at radius 3 is 2.37 bits per heavy atom. The number of hydrogen-bond acceptors (Lipinski definition) is 5. The summed E-state index contributed by atoms with van der Waals surface area (Å²) in [5.74, 6) is 0. The molecule has 0 saturated heterocycles. The molecule has 0 aromatic heterocycles. The van der Waals surface area contributed by atoms with Gasteiger partial charge in [-0.2, -0.15) is 0 Å². The van der Waals surface area contributed by atoms with Crippen LogP contribution >= 0.6 is 0 Å². The molecule has 0 spiro atoms. The van der Waals surface area contributed by atoms with Crippen LogP contribution in [0.1, 0.15) is 6.42 Å². The van der Waals surface area contributed by atoms with Crippen LogP contribution in [0.4, 0.5) is 0 Å². The number of rotatable bonds is 11. The van der Waals surface area contributed by atoms with Crippen LogP contribution in [-0.4, -0.2) is 62.8 Å². The molecule has 2 N–H and O–H groups in total. The summed E-state index contributed by atoms with van der Waals surface area (Å²) in [7, 11) is -3.21. The zero-order chi connectivity index (χ0) is 14.9. The molecular formula is C11H28O5Si3. The van der Waals surface area contributed by atoms with E-state index in [0.717, 1.165) is 12.5 Å². The summed E-state index contributed by atoms with van der Waals surface area (Å²) in [6.07, 6.45) is 0.141. The average Bonchev–Trinajstić information content (AvgIpc) is 2.26. The molecule has 0 heterocycles. The molecule has 1 unspecified atom stereocenters. The second kappa shape index (κ2) is 9.40. The van der Waals surface area contributed by atoms with E-state index in [-0.39, 0.29) is 13.2 Å². The van der Waals surface area contributed by atoms with Crippen molar-refractivity contribution >= 4 is 26.6 Å². The lowest BCUT2D eigenvalue weighted by Crippen LogP contribution is -2.47. The van der Waals surface area contributed by atoms with Gasteiger partial charge in [-0.05, 0) is 45.2 Å². The molecule has 2 radical (unpaired) electrons. The molecule has 0 aromatic carbocycles. The first-order valence-corrected chi connectivity index (χ1v) is 14.0. The first-order chi connectivity index (χ1) is 8.72. The minimum atomic E-state index is -1.97. The first kappa shape index (κ1) is 19.5. The van der Waals surface area contributed by atoms with Gasteiger partial charge in [-0.1, -0.05) is 0 Å². The van der Waals surface area contributed by atoms with E-state index in [1.165, 1.54) is 0 Å². The van der Waals surface area contributed by atoms with Crippen LogP contribution < -0.4 is 0 Å². The molecular weight excluding hydrogens is 296 g/mol. The Balaban J connectivity index is 3.84. The highest BCUT2D eigenvalue weighted by Gasteiger charge is 2.33. The maximum atomic E-state index is 9.13. The van der Waals surface area contributed by atoms with E-state index in [0.29, 0.717) is 16.4 Å². The Morgan fingerprint density at radius 2 is 1.84 bits per heavy atom. The SMILES string of the molecule is C[Si]O[Si](C)(C)O[Si](C)(C)CCCOCC(O)CO. The molecule has 0 aliphatic rings. The lowest BCUT2D eigenvalue weighted by atomic mass is 10.4. The van der Waals surface area contributed by atoms with Crippen molar-refractivity contribution in [2.45, 2.75) is 51.3 Å². The second-order valence-corrected chi connectivity index (χ2v) is 14.4. The first-order valence-electron chi connectivity index (χ1n) is 6.64. The van der Waals surface area contributed by atoms with E-state index in [4.69, 9.17) is 23.2 Å². The Bertz CT molecular complexity index is 238.